The maximum absolute atomic E-state index is 10.6. The van der Waals surface area contributed by atoms with Crippen molar-refractivity contribution in [1.29, 1.82) is 0 Å². The van der Waals surface area contributed by atoms with Gasteiger partial charge >= 0.3 is 13.6 Å². The number of anilines is 1. The molecule has 0 heterocycles. The Morgan fingerprint density at radius 1 is 1.39 bits per heavy atom. The fourth-order valence-electron chi connectivity index (χ4n) is 1.26. The molecule has 1 rings (SSSR count). The smallest absolute Gasteiger partial charge is 0.329 e. The summed E-state index contributed by atoms with van der Waals surface area (Å²) in [5.41, 5.74) is 1.37. The molecule has 0 radical (unpaired) electrons. The maximum Gasteiger partial charge on any atom is 0.329 e. The van der Waals surface area contributed by atoms with Crippen molar-refractivity contribution in [3.05, 3.63) is 35.9 Å². The highest BCUT2D eigenvalue weighted by Crippen LogP contribution is 2.34. The number of hydrogen-bond donors (Lipinski definition) is 4. The van der Waals surface area contributed by atoms with Gasteiger partial charge in [-0.15, -0.1) is 0 Å². The summed E-state index contributed by atoms with van der Waals surface area (Å²) in [5, 5.41) is 11.2. The number of rotatable bonds is 6. The van der Waals surface area contributed by atoms with Gasteiger partial charge in [0.1, 0.15) is 6.54 Å². The molecule has 0 aromatic heterocycles. The van der Waals surface area contributed by atoms with E-state index >= 15 is 0 Å². The van der Waals surface area contributed by atoms with Crippen LogP contribution in [-0.2, 0) is 9.36 Å². The third-order valence-corrected chi connectivity index (χ3v) is 2.67. The molecule has 1 aromatic carbocycles. The zero-order valence-electron chi connectivity index (χ0n) is 9.48. The average Bonchev–Trinajstić information content (AvgIpc) is 2.25. The summed E-state index contributed by atoms with van der Waals surface area (Å²) >= 11 is 0. The number of hydrogen-bond acceptors (Lipinski definition) is 3. The third-order valence-electron chi connectivity index (χ3n) is 1.98. The highest BCUT2D eigenvalue weighted by molar-refractivity contribution is 7.51. The van der Waals surface area contributed by atoms with E-state index < -0.39 is 13.6 Å². The molecule has 0 unspecified atom stereocenters. The summed E-state index contributed by atoms with van der Waals surface area (Å²) in [7, 11) is -4.02. The quantitative estimate of drug-likeness (QED) is 0.582. The van der Waals surface area contributed by atoms with Crippen molar-refractivity contribution < 1.29 is 24.3 Å². The molecule has 0 fully saturated rings. The number of nitrogens with one attached hydrogen (secondary N) is 1. The van der Waals surface area contributed by atoms with E-state index in [1.807, 2.05) is 0 Å². The first-order chi connectivity index (χ1) is 8.37. The predicted molar refractivity (Wildman–Crippen MR) is 68.5 cm³/mol. The van der Waals surface area contributed by atoms with Gasteiger partial charge in [-0.2, -0.15) is 0 Å². The minimum absolute atomic E-state index is 0.185. The highest BCUT2D eigenvalue weighted by atomic mass is 31.2. The van der Waals surface area contributed by atoms with Gasteiger partial charge < -0.3 is 20.2 Å². The second-order valence-electron chi connectivity index (χ2n) is 3.62. The van der Waals surface area contributed by atoms with Gasteiger partial charge in [-0.05, 0) is 17.7 Å². The second kappa shape index (κ2) is 6.35. The lowest BCUT2D eigenvalue weighted by molar-refractivity contribution is -0.134. The molecule has 0 saturated carbocycles. The zero-order chi connectivity index (χ0) is 13.6. The molecule has 18 heavy (non-hydrogen) atoms. The Morgan fingerprint density at radius 3 is 2.72 bits per heavy atom. The molecule has 1 aromatic rings. The SMILES string of the molecule is O=C(O)CNc1cccc(C=CCP(=O)(O)O)c1. The fourth-order valence-corrected chi connectivity index (χ4v) is 1.64. The van der Waals surface area contributed by atoms with Gasteiger partial charge in [-0.25, -0.2) is 0 Å². The van der Waals surface area contributed by atoms with E-state index in [4.69, 9.17) is 14.9 Å². The molecule has 0 saturated heterocycles. The van der Waals surface area contributed by atoms with Crippen molar-refractivity contribution in [2.45, 2.75) is 0 Å². The molecule has 7 heteroatoms. The van der Waals surface area contributed by atoms with Crippen molar-refractivity contribution in [2.75, 3.05) is 18.0 Å². The lowest BCUT2D eigenvalue weighted by Gasteiger charge is -2.04. The fraction of sp³-hybridized carbons (Fsp3) is 0.182. The second-order valence-corrected chi connectivity index (χ2v) is 5.32. The summed E-state index contributed by atoms with van der Waals surface area (Å²) < 4.78 is 10.6. The van der Waals surface area contributed by atoms with Crippen LogP contribution in [0.25, 0.3) is 6.08 Å². The summed E-state index contributed by atoms with van der Waals surface area (Å²) in [6, 6.07) is 6.88. The van der Waals surface area contributed by atoms with Crippen LogP contribution in [0.5, 0.6) is 0 Å². The third kappa shape index (κ3) is 6.20. The predicted octanol–water partition coefficient (Wildman–Crippen LogP) is 1.37. The maximum atomic E-state index is 10.6. The van der Waals surface area contributed by atoms with Crippen LogP contribution in [0.4, 0.5) is 5.69 Å². The van der Waals surface area contributed by atoms with E-state index in [0.717, 1.165) is 5.56 Å². The Bertz CT molecular complexity index is 494. The molecule has 6 nitrogen and oxygen atoms in total. The van der Waals surface area contributed by atoms with Crippen LogP contribution < -0.4 is 5.32 Å². The van der Waals surface area contributed by atoms with Crippen LogP contribution >= 0.6 is 7.60 Å². The average molecular weight is 271 g/mol. The van der Waals surface area contributed by atoms with Gasteiger partial charge in [0.2, 0.25) is 0 Å². The molecular formula is C11H14NO5P. The van der Waals surface area contributed by atoms with Crippen LogP contribution in [0.2, 0.25) is 0 Å². The number of allylic oxidation sites excluding steroid dienone is 1. The first-order valence-electron chi connectivity index (χ1n) is 5.14. The molecule has 0 spiro atoms. The molecule has 98 valence electrons. The van der Waals surface area contributed by atoms with E-state index in [9.17, 15) is 9.36 Å². The molecular weight excluding hydrogens is 257 g/mol. The van der Waals surface area contributed by atoms with Crippen LogP contribution in [0, 0.1) is 0 Å². The van der Waals surface area contributed by atoms with Gasteiger partial charge in [0.15, 0.2) is 0 Å². The lowest BCUT2D eigenvalue weighted by Crippen LogP contribution is -2.12. The van der Waals surface area contributed by atoms with Gasteiger partial charge in [-0.1, -0.05) is 24.3 Å². The molecule has 0 aliphatic rings. The number of carbonyl (C=O) groups is 1. The molecule has 0 amide bonds. The number of aliphatic carboxylic acids is 1. The van der Waals surface area contributed by atoms with Gasteiger partial charge in [0, 0.05) is 5.69 Å². The summed E-state index contributed by atoms with van der Waals surface area (Å²) in [4.78, 5) is 27.7. The Hall–Kier alpha value is -1.62. The number of benzene rings is 1. The van der Waals surface area contributed by atoms with Crippen LogP contribution in [0.1, 0.15) is 5.56 Å². The molecule has 0 bridgehead atoms. The highest BCUT2D eigenvalue weighted by Gasteiger charge is 2.08. The van der Waals surface area contributed by atoms with Crippen LogP contribution in [-0.4, -0.2) is 33.6 Å². The van der Waals surface area contributed by atoms with Crippen LogP contribution in [0.15, 0.2) is 30.3 Å². The Morgan fingerprint density at radius 2 is 2.11 bits per heavy atom. The van der Waals surface area contributed by atoms with Gasteiger partial charge in [-0.3, -0.25) is 9.36 Å². The molecule has 0 aliphatic heterocycles. The standard InChI is InChI=1S/C11H14NO5P/c13-11(14)8-12-10-5-1-3-9(7-10)4-2-6-18(15,16)17/h1-5,7,12H,6,8H2,(H,13,14)(H2,15,16,17). The zero-order valence-corrected chi connectivity index (χ0v) is 10.4. The normalized spacial score (nSPS) is 11.7. The van der Waals surface area contributed by atoms with Gasteiger partial charge in [0.25, 0.3) is 0 Å². The molecule has 0 aliphatic carbocycles. The molecule has 0 atom stereocenters. The van der Waals surface area contributed by atoms with Crippen LogP contribution in [0.3, 0.4) is 0 Å². The van der Waals surface area contributed by atoms with Gasteiger partial charge in [0.05, 0.1) is 6.16 Å². The monoisotopic (exact) mass is 271 g/mol. The Balaban J connectivity index is 2.64. The van der Waals surface area contributed by atoms with E-state index in [1.165, 1.54) is 6.08 Å². The van der Waals surface area contributed by atoms with E-state index in [2.05, 4.69) is 5.32 Å². The van der Waals surface area contributed by atoms with Crippen molar-refractivity contribution >= 4 is 25.3 Å². The van der Waals surface area contributed by atoms with E-state index in [1.54, 1.807) is 30.3 Å². The Kier molecular flexibility index (Phi) is 5.09. The first-order valence-corrected chi connectivity index (χ1v) is 6.93. The minimum Gasteiger partial charge on any atom is -0.480 e. The first kappa shape index (κ1) is 14.4. The van der Waals surface area contributed by atoms with Crippen molar-refractivity contribution in [3.63, 3.8) is 0 Å². The molecule has 4 N–H and O–H groups in total. The summed E-state index contributed by atoms with van der Waals surface area (Å²) in [6.45, 7) is -0.185. The number of carboxylic acid groups (broad SMARTS) is 1. The lowest BCUT2D eigenvalue weighted by atomic mass is 10.2. The Labute approximate surface area is 104 Å². The summed E-state index contributed by atoms with van der Waals surface area (Å²) in [6.07, 6.45) is 2.64. The number of carboxylic acids is 1. The topological polar surface area (TPSA) is 107 Å². The van der Waals surface area contributed by atoms with Crippen molar-refractivity contribution in [2.24, 2.45) is 0 Å². The van der Waals surface area contributed by atoms with Crippen molar-refractivity contribution in [3.8, 4) is 0 Å². The van der Waals surface area contributed by atoms with Crippen molar-refractivity contribution in [1.82, 2.24) is 0 Å². The summed E-state index contributed by atoms with van der Waals surface area (Å²) in [5.74, 6) is -0.961. The minimum atomic E-state index is -4.02. The van der Waals surface area contributed by atoms with E-state index in [-0.39, 0.29) is 12.7 Å². The largest absolute Gasteiger partial charge is 0.480 e. The van der Waals surface area contributed by atoms with E-state index in [0.29, 0.717) is 5.69 Å².